The van der Waals surface area contributed by atoms with E-state index in [9.17, 15) is 4.79 Å². The third kappa shape index (κ3) is 1.95. The largest absolute Gasteiger partial charge is 0.497 e. The Morgan fingerprint density at radius 3 is 2.38 bits per heavy atom. The first-order valence-corrected chi connectivity index (χ1v) is 5.62. The van der Waals surface area contributed by atoms with E-state index < -0.39 is 0 Å². The van der Waals surface area contributed by atoms with Gasteiger partial charge in [-0.25, -0.2) is 0 Å². The Morgan fingerprint density at radius 1 is 1.25 bits per heavy atom. The van der Waals surface area contributed by atoms with Gasteiger partial charge in [-0.1, -0.05) is 12.1 Å². The minimum atomic E-state index is -0.294. The van der Waals surface area contributed by atoms with Gasteiger partial charge in [0.2, 0.25) is 0 Å². The predicted molar refractivity (Wildman–Crippen MR) is 62.8 cm³/mol. The molecule has 1 aliphatic heterocycles. The Kier molecular flexibility index (Phi) is 3.25. The zero-order chi connectivity index (χ0) is 11.4. The van der Waals surface area contributed by atoms with Crippen LogP contribution in [0.3, 0.4) is 0 Å². The third-order valence-electron chi connectivity index (χ3n) is 3.39. The number of benzene rings is 1. The molecule has 3 nitrogen and oxygen atoms in total. The fourth-order valence-electron chi connectivity index (χ4n) is 2.27. The Labute approximate surface area is 95.8 Å². The molecule has 3 heteroatoms. The Hall–Kier alpha value is -1.35. The van der Waals surface area contributed by atoms with Gasteiger partial charge in [-0.2, -0.15) is 0 Å². The van der Waals surface area contributed by atoms with Gasteiger partial charge in [-0.05, 0) is 43.6 Å². The number of carbonyl (C=O) groups excluding carboxylic acids is 1. The molecule has 86 valence electrons. The van der Waals surface area contributed by atoms with Gasteiger partial charge in [0, 0.05) is 0 Å². The van der Waals surface area contributed by atoms with Crippen LogP contribution in [0.25, 0.3) is 0 Å². The molecule has 1 aromatic rings. The van der Waals surface area contributed by atoms with Crippen molar-refractivity contribution in [2.24, 2.45) is 0 Å². The van der Waals surface area contributed by atoms with Crippen molar-refractivity contribution in [1.29, 1.82) is 0 Å². The molecule has 1 fully saturated rings. The van der Waals surface area contributed by atoms with Crippen molar-refractivity contribution in [3.8, 4) is 5.75 Å². The van der Waals surface area contributed by atoms with E-state index in [-0.39, 0.29) is 5.41 Å². The van der Waals surface area contributed by atoms with E-state index in [0.717, 1.165) is 43.5 Å². The molecule has 0 saturated carbocycles. The number of carbonyl (C=O) groups is 1. The molecule has 0 spiro atoms. The lowest BCUT2D eigenvalue weighted by molar-refractivity contribution is -0.113. The molecule has 1 saturated heterocycles. The van der Waals surface area contributed by atoms with Gasteiger partial charge in [0.15, 0.2) is 0 Å². The van der Waals surface area contributed by atoms with Gasteiger partial charge >= 0.3 is 0 Å². The summed E-state index contributed by atoms with van der Waals surface area (Å²) in [5.74, 6) is 0.832. The Balaban J connectivity index is 2.28. The maximum atomic E-state index is 11.4. The fraction of sp³-hybridized carbons (Fsp3) is 0.462. The fourth-order valence-corrected chi connectivity index (χ4v) is 2.27. The topological polar surface area (TPSA) is 38.3 Å². The van der Waals surface area contributed by atoms with Crippen molar-refractivity contribution < 1.29 is 9.53 Å². The molecule has 2 rings (SSSR count). The SMILES string of the molecule is COc1ccc(C2(C=O)CCNCC2)cc1. The molecule has 0 unspecified atom stereocenters. The highest BCUT2D eigenvalue weighted by atomic mass is 16.5. The second-order valence-electron chi connectivity index (χ2n) is 4.25. The van der Waals surface area contributed by atoms with E-state index in [1.54, 1.807) is 7.11 Å². The van der Waals surface area contributed by atoms with E-state index in [1.165, 1.54) is 0 Å². The summed E-state index contributed by atoms with van der Waals surface area (Å²) in [6.07, 6.45) is 2.86. The number of piperidine rings is 1. The van der Waals surface area contributed by atoms with E-state index >= 15 is 0 Å². The van der Waals surface area contributed by atoms with E-state index in [4.69, 9.17) is 4.74 Å². The Bertz CT molecular complexity index is 353. The summed E-state index contributed by atoms with van der Waals surface area (Å²) < 4.78 is 5.12. The minimum Gasteiger partial charge on any atom is -0.497 e. The molecule has 0 bridgehead atoms. The summed E-state index contributed by atoms with van der Waals surface area (Å²) in [5.41, 5.74) is 0.808. The number of methoxy groups -OCH3 is 1. The third-order valence-corrected chi connectivity index (χ3v) is 3.39. The molecule has 0 radical (unpaired) electrons. The smallest absolute Gasteiger partial charge is 0.130 e. The van der Waals surface area contributed by atoms with Crippen LogP contribution in [-0.2, 0) is 10.2 Å². The summed E-state index contributed by atoms with van der Waals surface area (Å²) in [6, 6.07) is 7.84. The number of hydrogen-bond donors (Lipinski definition) is 1. The van der Waals surface area contributed by atoms with Crippen LogP contribution >= 0.6 is 0 Å². The van der Waals surface area contributed by atoms with Crippen LogP contribution in [0.4, 0.5) is 0 Å². The van der Waals surface area contributed by atoms with Crippen LogP contribution in [0.1, 0.15) is 18.4 Å². The minimum absolute atomic E-state index is 0.294. The first kappa shape index (κ1) is 11.1. The molecule has 0 aliphatic carbocycles. The highest BCUT2D eigenvalue weighted by Crippen LogP contribution is 2.32. The number of hydrogen-bond acceptors (Lipinski definition) is 3. The Morgan fingerprint density at radius 2 is 1.88 bits per heavy atom. The van der Waals surface area contributed by atoms with Crippen LogP contribution < -0.4 is 10.1 Å². The van der Waals surface area contributed by atoms with Crippen molar-refractivity contribution in [2.45, 2.75) is 18.3 Å². The first-order valence-electron chi connectivity index (χ1n) is 5.62. The second-order valence-corrected chi connectivity index (χ2v) is 4.25. The zero-order valence-corrected chi connectivity index (χ0v) is 9.53. The highest BCUT2D eigenvalue weighted by molar-refractivity contribution is 5.69. The summed E-state index contributed by atoms with van der Waals surface area (Å²) in [4.78, 5) is 11.4. The molecule has 0 amide bonds. The maximum absolute atomic E-state index is 11.4. The molecule has 16 heavy (non-hydrogen) atoms. The van der Waals surface area contributed by atoms with Gasteiger partial charge in [-0.15, -0.1) is 0 Å². The monoisotopic (exact) mass is 219 g/mol. The van der Waals surface area contributed by atoms with E-state index in [0.29, 0.717) is 0 Å². The number of nitrogens with one attached hydrogen (secondary N) is 1. The lowest BCUT2D eigenvalue weighted by atomic mass is 9.74. The molecule has 1 aliphatic rings. The zero-order valence-electron chi connectivity index (χ0n) is 9.53. The molecule has 1 aromatic carbocycles. The predicted octanol–water partition coefficient (Wildman–Crippen LogP) is 1.52. The molecular weight excluding hydrogens is 202 g/mol. The van der Waals surface area contributed by atoms with Crippen LogP contribution in [0, 0.1) is 0 Å². The summed E-state index contributed by atoms with van der Waals surface area (Å²) in [6.45, 7) is 1.82. The van der Waals surface area contributed by atoms with Gasteiger partial charge in [0.1, 0.15) is 12.0 Å². The summed E-state index contributed by atoms with van der Waals surface area (Å²) >= 11 is 0. The van der Waals surface area contributed by atoms with Gasteiger partial charge in [0.05, 0.1) is 12.5 Å². The average molecular weight is 219 g/mol. The number of rotatable bonds is 3. The van der Waals surface area contributed by atoms with Crippen LogP contribution in [0.5, 0.6) is 5.75 Å². The number of aldehydes is 1. The van der Waals surface area contributed by atoms with Crippen LogP contribution in [0.15, 0.2) is 24.3 Å². The molecule has 0 atom stereocenters. The molecular formula is C13H17NO2. The normalized spacial score (nSPS) is 19.1. The first-order chi connectivity index (χ1) is 7.80. The standard InChI is InChI=1S/C13H17NO2/c1-16-12-4-2-11(3-5-12)13(10-15)6-8-14-9-7-13/h2-5,10,14H,6-9H2,1H3. The lowest BCUT2D eigenvalue weighted by Crippen LogP contribution is -2.41. The van der Waals surface area contributed by atoms with Crippen LogP contribution in [0.2, 0.25) is 0 Å². The highest BCUT2D eigenvalue weighted by Gasteiger charge is 2.33. The van der Waals surface area contributed by atoms with Crippen molar-refractivity contribution in [2.75, 3.05) is 20.2 Å². The number of ether oxygens (including phenoxy) is 1. The van der Waals surface area contributed by atoms with Crippen LogP contribution in [-0.4, -0.2) is 26.5 Å². The van der Waals surface area contributed by atoms with E-state index in [2.05, 4.69) is 5.32 Å². The quantitative estimate of drug-likeness (QED) is 0.783. The molecule has 1 N–H and O–H groups in total. The van der Waals surface area contributed by atoms with Crippen molar-refractivity contribution >= 4 is 6.29 Å². The maximum Gasteiger partial charge on any atom is 0.130 e. The summed E-state index contributed by atoms with van der Waals surface area (Å²) in [5, 5.41) is 3.28. The van der Waals surface area contributed by atoms with Crippen molar-refractivity contribution in [3.05, 3.63) is 29.8 Å². The summed E-state index contributed by atoms with van der Waals surface area (Å²) in [7, 11) is 1.65. The second kappa shape index (κ2) is 4.66. The molecule has 0 aromatic heterocycles. The van der Waals surface area contributed by atoms with Crippen molar-refractivity contribution in [1.82, 2.24) is 5.32 Å². The van der Waals surface area contributed by atoms with Gasteiger partial charge in [-0.3, -0.25) is 0 Å². The van der Waals surface area contributed by atoms with Gasteiger partial charge in [0.25, 0.3) is 0 Å². The van der Waals surface area contributed by atoms with Crippen molar-refractivity contribution in [3.63, 3.8) is 0 Å². The van der Waals surface area contributed by atoms with Gasteiger partial charge < -0.3 is 14.8 Å². The van der Waals surface area contributed by atoms with E-state index in [1.807, 2.05) is 24.3 Å². The lowest BCUT2D eigenvalue weighted by Gasteiger charge is -2.33. The average Bonchev–Trinajstić information content (AvgIpc) is 2.39. The molecule has 1 heterocycles.